The van der Waals surface area contributed by atoms with Crippen LogP contribution >= 0.6 is 0 Å². The van der Waals surface area contributed by atoms with Crippen LogP contribution in [0.4, 0.5) is 14.9 Å². The molecule has 1 aliphatic heterocycles. The van der Waals surface area contributed by atoms with E-state index >= 15 is 0 Å². The maximum absolute atomic E-state index is 13.5. The standard InChI is InChI=1S/C25H23FN2O5/c1-27(15-16-4-3-5-21(14-16)32-2)24(30)23-22(17-6-12-20(29)13-7-17)28(25(31)33-23)19-10-8-18(26)9-11-19/h3-14,22-23,29H,15H2,1-2H3/t22-,23+/m1/s1. The van der Waals surface area contributed by atoms with Crippen LogP contribution in [0.15, 0.2) is 72.8 Å². The van der Waals surface area contributed by atoms with Gasteiger partial charge in [-0.15, -0.1) is 0 Å². The quantitative estimate of drug-likeness (QED) is 0.607. The van der Waals surface area contributed by atoms with Crippen molar-refractivity contribution >= 4 is 17.7 Å². The van der Waals surface area contributed by atoms with Gasteiger partial charge in [-0.25, -0.2) is 9.18 Å². The molecule has 1 saturated heterocycles. The van der Waals surface area contributed by atoms with E-state index in [1.165, 1.54) is 46.2 Å². The van der Waals surface area contributed by atoms with Crippen LogP contribution in [0.25, 0.3) is 0 Å². The van der Waals surface area contributed by atoms with Crippen LogP contribution < -0.4 is 9.64 Å². The summed E-state index contributed by atoms with van der Waals surface area (Å²) in [5, 5.41) is 9.70. The number of benzene rings is 3. The minimum absolute atomic E-state index is 0.0512. The van der Waals surface area contributed by atoms with Gasteiger partial charge in [0.1, 0.15) is 23.4 Å². The van der Waals surface area contributed by atoms with Crippen molar-refractivity contribution in [1.29, 1.82) is 0 Å². The van der Waals surface area contributed by atoms with Crippen molar-refractivity contribution in [1.82, 2.24) is 4.90 Å². The fourth-order valence-electron chi connectivity index (χ4n) is 3.87. The van der Waals surface area contributed by atoms with Crippen LogP contribution in [0.1, 0.15) is 17.2 Å². The maximum Gasteiger partial charge on any atom is 0.415 e. The molecule has 8 heteroatoms. The van der Waals surface area contributed by atoms with E-state index < -0.39 is 30.0 Å². The zero-order chi connectivity index (χ0) is 23.5. The molecule has 0 saturated carbocycles. The number of phenols is 1. The van der Waals surface area contributed by atoms with Crippen molar-refractivity contribution < 1.29 is 28.6 Å². The zero-order valence-corrected chi connectivity index (χ0v) is 18.1. The Kier molecular flexibility index (Phi) is 6.17. The fourth-order valence-corrected chi connectivity index (χ4v) is 3.87. The van der Waals surface area contributed by atoms with Crippen LogP contribution in [0, 0.1) is 5.82 Å². The van der Waals surface area contributed by atoms with Gasteiger partial charge in [0.15, 0.2) is 0 Å². The number of anilines is 1. The Labute approximate surface area is 190 Å². The van der Waals surface area contributed by atoms with Crippen molar-refractivity contribution in [3.05, 3.63) is 89.7 Å². The summed E-state index contributed by atoms with van der Waals surface area (Å²) in [4.78, 5) is 29.1. The number of phenolic OH excluding ortho intramolecular Hbond substituents is 1. The molecule has 2 atom stereocenters. The first kappa shape index (κ1) is 22.1. The van der Waals surface area contributed by atoms with Crippen LogP contribution in [-0.4, -0.2) is 42.3 Å². The van der Waals surface area contributed by atoms with E-state index in [-0.39, 0.29) is 12.3 Å². The number of halogens is 1. The summed E-state index contributed by atoms with van der Waals surface area (Å²) >= 11 is 0. The number of cyclic esters (lactones) is 1. The van der Waals surface area contributed by atoms with Gasteiger partial charge in [0, 0.05) is 19.3 Å². The minimum atomic E-state index is -1.14. The maximum atomic E-state index is 13.5. The van der Waals surface area contributed by atoms with E-state index in [1.54, 1.807) is 26.3 Å². The van der Waals surface area contributed by atoms with E-state index in [4.69, 9.17) is 9.47 Å². The fraction of sp³-hybridized carbons (Fsp3) is 0.200. The average Bonchev–Trinajstić information content (AvgIpc) is 3.16. The molecule has 2 amide bonds. The van der Waals surface area contributed by atoms with Crippen LogP contribution in [0.3, 0.4) is 0 Å². The lowest BCUT2D eigenvalue weighted by Gasteiger charge is -2.27. The lowest BCUT2D eigenvalue weighted by molar-refractivity contribution is -0.138. The number of ether oxygens (including phenoxy) is 2. The molecule has 4 rings (SSSR count). The SMILES string of the molecule is COc1cccc(CN(C)C(=O)[C@H]2OC(=O)N(c3ccc(F)cc3)[C@@H]2c2ccc(O)cc2)c1. The molecule has 0 spiro atoms. The van der Waals surface area contributed by atoms with Gasteiger partial charge in [0.25, 0.3) is 5.91 Å². The lowest BCUT2D eigenvalue weighted by Crippen LogP contribution is -2.40. The highest BCUT2D eigenvalue weighted by molar-refractivity contribution is 5.97. The Hall–Kier alpha value is -4.07. The largest absolute Gasteiger partial charge is 0.508 e. The highest BCUT2D eigenvalue weighted by Gasteiger charge is 2.48. The summed E-state index contributed by atoms with van der Waals surface area (Å²) in [6, 6.07) is 18.1. The smallest absolute Gasteiger partial charge is 0.415 e. The second-order valence-corrected chi connectivity index (χ2v) is 7.73. The van der Waals surface area contributed by atoms with E-state index in [9.17, 15) is 19.1 Å². The minimum Gasteiger partial charge on any atom is -0.508 e. The van der Waals surface area contributed by atoms with Gasteiger partial charge in [0.05, 0.1) is 7.11 Å². The average molecular weight is 450 g/mol. The second kappa shape index (κ2) is 9.20. The number of hydrogen-bond acceptors (Lipinski definition) is 5. The molecule has 33 heavy (non-hydrogen) atoms. The Morgan fingerprint density at radius 3 is 2.48 bits per heavy atom. The van der Waals surface area contributed by atoms with Gasteiger partial charge in [-0.2, -0.15) is 0 Å². The van der Waals surface area contributed by atoms with Crippen LogP contribution in [-0.2, 0) is 16.1 Å². The molecule has 0 aromatic heterocycles. The Bertz CT molecular complexity index is 1150. The van der Waals surface area contributed by atoms with Gasteiger partial charge < -0.3 is 19.5 Å². The third kappa shape index (κ3) is 4.59. The molecule has 170 valence electrons. The second-order valence-electron chi connectivity index (χ2n) is 7.73. The first-order valence-corrected chi connectivity index (χ1v) is 10.3. The number of rotatable bonds is 6. The van der Waals surface area contributed by atoms with E-state index in [2.05, 4.69) is 0 Å². The Morgan fingerprint density at radius 1 is 1.12 bits per heavy atom. The monoisotopic (exact) mass is 450 g/mol. The summed E-state index contributed by atoms with van der Waals surface area (Å²) in [5.41, 5.74) is 1.84. The molecule has 1 fully saturated rings. The van der Waals surface area contributed by atoms with Crippen LogP contribution in [0.5, 0.6) is 11.5 Å². The first-order valence-electron chi connectivity index (χ1n) is 10.3. The van der Waals surface area contributed by atoms with Crippen molar-refractivity contribution in [2.45, 2.75) is 18.7 Å². The van der Waals surface area contributed by atoms with E-state index in [0.29, 0.717) is 17.0 Å². The number of carbonyl (C=O) groups excluding carboxylic acids is 2. The van der Waals surface area contributed by atoms with Gasteiger partial charge in [-0.05, 0) is 59.7 Å². The molecule has 1 aliphatic rings. The summed E-state index contributed by atoms with van der Waals surface area (Å²) in [5.74, 6) is -0.118. The lowest BCUT2D eigenvalue weighted by atomic mass is 9.99. The predicted molar refractivity (Wildman–Crippen MR) is 119 cm³/mol. The summed E-state index contributed by atoms with van der Waals surface area (Å²) < 4.78 is 24.3. The van der Waals surface area contributed by atoms with Crippen molar-refractivity contribution in [2.24, 2.45) is 0 Å². The highest BCUT2D eigenvalue weighted by Crippen LogP contribution is 2.38. The molecule has 0 bridgehead atoms. The number of methoxy groups -OCH3 is 1. The molecule has 0 aliphatic carbocycles. The number of hydrogen-bond donors (Lipinski definition) is 1. The highest BCUT2D eigenvalue weighted by atomic mass is 19.1. The summed E-state index contributed by atoms with van der Waals surface area (Å²) in [6.45, 7) is 0.281. The van der Waals surface area contributed by atoms with Crippen molar-refractivity contribution in [3.8, 4) is 11.5 Å². The molecule has 3 aromatic carbocycles. The molecule has 3 aromatic rings. The Morgan fingerprint density at radius 2 is 1.82 bits per heavy atom. The van der Waals surface area contributed by atoms with Gasteiger partial charge >= 0.3 is 6.09 Å². The molecule has 0 unspecified atom stereocenters. The van der Waals surface area contributed by atoms with E-state index in [1.807, 2.05) is 24.3 Å². The third-order valence-electron chi connectivity index (χ3n) is 5.50. The first-order chi connectivity index (χ1) is 15.9. The number of nitrogens with zero attached hydrogens (tertiary/aromatic N) is 2. The van der Waals surface area contributed by atoms with Gasteiger partial charge in [-0.3, -0.25) is 9.69 Å². The van der Waals surface area contributed by atoms with Gasteiger partial charge in [-0.1, -0.05) is 24.3 Å². The predicted octanol–water partition coefficient (Wildman–Crippen LogP) is 4.27. The summed E-state index contributed by atoms with van der Waals surface area (Å²) in [6.07, 6.45) is -1.85. The molecule has 1 N–H and O–H groups in total. The molecular formula is C25H23FN2O5. The molecule has 7 nitrogen and oxygen atoms in total. The molecular weight excluding hydrogens is 427 g/mol. The number of aromatic hydroxyl groups is 1. The number of carbonyl (C=O) groups is 2. The molecule has 1 heterocycles. The van der Waals surface area contributed by atoms with Crippen molar-refractivity contribution in [3.63, 3.8) is 0 Å². The van der Waals surface area contributed by atoms with Crippen molar-refractivity contribution in [2.75, 3.05) is 19.1 Å². The normalized spacial score (nSPS) is 17.5. The Balaban J connectivity index is 1.66. The molecule has 0 radical (unpaired) electrons. The summed E-state index contributed by atoms with van der Waals surface area (Å²) in [7, 11) is 3.20. The number of likely N-dealkylation sites (N-methyl/N-ethyl adjacent to an activating group) is 1. The van der Waals surface area contributed by atoms with E-state index in [0.717, 1.165) is 5.56 Å². The van der Waals surface area contributed by atoms with Crippen LogP contribution in [0.2, 0.25) is 0 Å². The topological polar surface area (TPSA) is 79.3 Å². The van der Waals surface area contributed by atoms with Gasteiger partial charge in [0.2, 0.25) is 6.10 Å². The number of amides is 2. The third-order valence-corrected chi connectivity index (χ3v) is 5.50. The zero-order valence-electron chi connectivity index (χ0n) is 18.1.